The SMILES string of the molecule is CCc1ccc(C2/C(=C(/O)c3ccc(OC)c(C(C)C)c3)C(=O)C(=O)N2Cc2ccco2)cc1. The van der Waals surface area contributed by atoms with Crippen LogP contribution in [0.15, 0.2) is 70.9 Å². The Hall–Kier alpha value is -3.80. The van der Waals surface area contributed by atoms with Gasteiger partial charge in [0.2, 0.25) is 0 Å². The van der Waals surface area contributed by atoms with Gasteiger partial charge in [0, 0.05) is 5.56 Å². The van der Waals surface area contributed by atoms with Crippen LogP contribution in [0.4, 0.5) is 0 Å². The number of aryl methyl sites for hydroxylation is 1. The van der Waals surface area contributed by atoms with E-state index in [2.05, 4.69) is 6.92 Å². The fourth-order valence-electron chi connectivity index (χ4n) is 4.38. The molecule has 2 aromatic carbocycles. The van der Waals surface area contributed by atoms with Gasteiger partial charge in [0.1, 0.15) is 17.3 Å². The number of Topliss-reactive ketones (excluding diaryl/α,β-unsaturated/α-hetero) is 1. The molecule has 0 radical (unpaired) electrons. The Morgan fingerprint density at radius 2 is 1.85 bits per heavy atom. The Labute approximate surface area is 199 Å². The van der Waals surface area contributed by atoms with Crippen molar-refractivity contribution in [3.63, 3.8) is 0 Å². The summed E-state index contributed by atoms with van der Waals surface area (Å²) in [7, 11) is 1.60. The number of ether oxygens (including phenoxy) is 1. The smallest absolute Gasteiger partial charge is 0.296 e. The monoisotopic (exact) mass is 459 g/mol. The quantitative estimate of drug-likeness (QED) is 0.283. The van der Waals surface area contributed by atoms with Gasteiger partial charge in [0.15, 0.2) is 0 Å². The third-order valence-corrected chi connectivity index (χ3v) is 6.28. The summed E-state index contributed by atoms with van der Waals surface area (Å²) >= 11 is 0. The molecule has 1 aliphatic rings. The van der Waals surface area contributed by atoms with Crippen LogP contribution < -0.4 is 4.74 Å². The largest absolute Gasteiger partial charge is 0.507 e. The number of carbonyl (C=O) groups is 2. The topological polar surface area (TPSA) is 80.0 Å². The molecular weight excluding hydrogens is 430 g/mol. The highest BCUT2D eigenvalue weighted by Gasteiger charge is 2.46. The number of rotatable bonds is 7. The molecule has 1 amide bonds. The maximum atomic E-state index is 13.2. The molecule has 3 aromatic rings. The van der Waals surface area contributed by atoms with E-state index in [1.165, 1.54) is 11.2 Å². The molecule has 4 rings (SSSR count). The Morgan fingerprint density at radius 3 is 2.44 bits per heavy atom. The molecule has 1 N–H and O–H groups in total. The zero-order chi connectivity index (χ0) is 24.4. The molecular formula is C28H29NO5. The predicted octanol–water partition coefficient (Wildman–Crippen LogP) is 5.60. The second kappa shape index (κ2) is 9.59. The number of furan rings is 1. The zero-order valence-corrected chi connectivity index (χ0v) is 19.9. The molecule has 1 fully saturated rings. The standard InChI is InChI=1S/C28H29NO5/c1-5-18-8-10-19(11-9-18)25-24(27(31)28(32)29(25)16-21-7-6-14-34-21)26(30)20-12-13-23(33-4)22(15-20)17(2)3/h6-15,17,25,30H,5,16H2,1-4H3/b26-24-. The van der Waals surface area contributed by atoms with Crippen molar-refractivity contribution in [3.05, 3.63) is 94.4 Å². The molecule has 176 valence electrons. The van der Waals surface area contributed by atoms with Gasteiger partial charge in [-0.2, -0.15) is 0 Å². The van der Waals surface area contributed by atoms with Gasteiger partial charge < -0.3 is 19.2 Å². The Kier molecular flexibility index (Phi) is 6.59. The second-order valence-corrected chi connectivity index (χ2v) is 8.71. The van der Waals surface area contributed by atoms with E-state index in [9.17, 15) is 14.7 Å². The maximum Gasteiger partial charge on any atom is 0.296 e. The third kappa shape index (κ3) is 4.23. The van der Waals surface area contributed by atoms with Crippen molar-refractivity contribution < 1.29 is 23.8 Å². The number of benzene rings is 2. The number of ketones is 1. The lowest BCUT2D eigenvalue weighted by Crippen LogP contribution is -2.29. The van der Waals surface area contributed by atoms with Crippen molar-refractivity contribution in [3.8, 4) is 5.75 Å². The Bertz CT molecular complexity index is 1220. The molecule has 1 aromatic heterocycles. The van der Waals surface area contributed by atoms with E-state index in [1.54, 1.807) is 31.4 Å². The van der Waals surface area contributed by atoms with E-state index in [1.807, 2.05) is 44.2 Å². The number of likely N-dealkylation sites (tertiary alicyclic amines) is 1. The molecule has 1 aliphatic heterocycles. The summed E-state index contributed by atoms with van der Waals surface area (Å²) in [6.07, 6.45) is 2.40. The zero-order valence-electron chi connectivity index (χ0n) is 19.9. The van der Waals surface area contributed by atoms with E-state index in [4.69, 9.17) is 9.15 Å². The molecule has 0 bridgehead atoms. The van der Waals surface area contributed by atoms with Gasteiger partial charge in [-0.25, -0.2) is 0 Å². The summed E-state index contributed by atoms with van der Waals surface area (Å²) in [4.78, 5) is 27.8. The Morgan fingerprint density at radius 1 is 1.12 bits per heavy atom. The number of methoxy groups -OCH3 is 1. The van der Waals surface area contributed by atoms with Gasteiger partial charge in [0.25, 0.3) is 11.7 Å². The Balaban J connectivity index is 1.87. The summed E-state index contributed by atoms with van der Waals surface area (Å²) in [6, 6.07) is 15.8. The molecule has 1 unspecified atom stereocenters. The van der Waals surface area contributed by atoms with E-state index < -0.39 is 17.7 Å². The van der Waals surface area contributed by atoms with Crippen LogP contribution in [0.2, 0.25) is 0 Å². The minimum Gasteiger partial charge on any atom is -0.507 e. The molecule has 34 heavy (non-hydrogen) atoms. The lowest BCUT2D eigenvalue weighted by molar-refractivity contribution is -0.140. The van der Waals surface area contributed by atoms with E-state index >= 15 is 0 Å². The van der Waals surface area contributed by atoms with Crippen LogP contribution in [-0.2, 0) is 22.6 Å². The fraction of sp³-hybridized carbons (Fsp3) is 0.286. The van der Waals surface area contributed by atoms with Crippen LogP contribution in [0.5, 0.6) is 5.75 Å². The van der Waals surface area contributed by atoms with Crippen LogP contribution in [0.3, 0.4) is 0 Å². The van der Waals surface area contributed by atoms with Crippen molar-refractivity contribution in [2.75, 3.05) is 7.11 Å². The van der Waals surface area contributed by atoms with Crippen molar-refractivity contribution in [2.24, 2.45) is 0 Å². The minimum absolute atomic E-state index is 0.0701. The number of aliphatic hydroxyl groups is 1. The maximum absolute atomic E-state index is 13.2. The number of carbonyl (C=O) groups excluding carboxylic acids is 2. The summed E-state index contributed by atoms with van der Waals surface area (Å²) in [5.74, 6) is -0.174. The van der Waals surface area contributed by atoms with Crippen LogP contribution in [0.25, 0.3) is 5.76 Å². The molecule has 6 nitrogen and oxygen atoms in total. The molecule has 1 atom stereocenters. The van der Waals surface area contributed by atoms with E-state index in [-0.39, 0.29) is 23.8 Å². The molecule has 0 spiro atoms. The highest BCUT2D eigenvalue weighted by molar-refractivity contribution is 6.46. The van der Waals surface area contributed by atoms with Crippen LogP contribution in [0.1, 0.15) is 60.7 Å². The lowest BCUT2D eigenvalue weighted by Gasteiger charge is -2.25. The summed E-state index contributed by atoms with van der Waals surface area (Å²) < 4.78 is 10.9. The summed E-state index contributed by atoms with van der Waals surface area (Å²) in [5, 5.41) is 11.4. The van der Waals surface area contributed by atoms with Crippen molar-refractivity contribution >= 4 is 17.4 Å². The first-order valence-electron chi connectivity index (χ1n) is 11.4. The van der Waals surface area contributed by atoms with Gasteiger partial charge in [-0.1, -0.05) is 45.0 Å². The van der Waals surface area contributed by atoms with Crippen molar-refractivity contribution in [1.29, 1.82) is 0 Å². The van der Waals surface area contributed by atoms with Crippen LogP contribution in [0, 0.1) is 0 Å². The van der Waals surface area contributed by atoms with Crippen LogP contribution in [-0.4, -0.2) is 28.8 Å². The normalized spacial score (nSPS) is 17.6. The first kappa shape index (κ1) is 23.4. The van der Waals surface area contributed by atoms with Gasteiger partial charge in [-0.3, -0.25) is 9.59 Å². The number of hydrogen-bond acceptors (Lipinski definition) is 5. The fourth-order valence-corrected chi connectivity index (χ4v) is 4.38. The molecule has 2 heterocycles. The molecule has 0 aliphatic carbocycles. The van der Waals surface area contributed by atoms with Gasteiger partial charge >= 0.3 is 0 Å². The van der Waals surface area contributed by atoms with Gasteiger partial charge in [0.05, 0.1) is 31.5 Å². The summed E-state index contributed by atoms with van der Waals surface area (Å²) in [6.45, 7) is 6.24. The third-order valence-electron chi connectivity index (χ3n) is 6.28. The number of nitrogens with zero attached hydrogens (tertiary/aromatic N) is 1. The number of aliphatic hydroxyl groups excluding tert-OH is 1. The van der Waals surface area contributed by atoms with Crippen LogP contribution >= 0.6 is 0 Å². The van der Waals surface area contributed by atoms with Gasteiger partial charge in [-0.05, 0) is 59.4 Å². The van der Waals surface area contributed by atoms with Crippen molar-refractivity contribution in [2.45, 2.75) is 45.7 Å². The molecule has 0 saturated carbocycles. The lowest BCUT2D eigenvalue weighted by atomic mass is 9.92. The van der Waals surface area contributed by atoms with Gasteiger partial charge in [-0.15, -0.1) is 0 Å². The predicted molar refractivity (Wildman–Crippen MR) is 129 cm³/mol. The number of hydrogen-bond donors (Lipinski definition) is 1. The first-order valence-corrected chi connectivity index (χ1v) is 11.4. The van der Waals surface area contributed by atoms with E-state index in [0.29, 0.717) is 17.1 Å². The highest BCUT2D eigenvalue weighted by atomic mass is 16.5. The molecule has 6 heteroatoms. The highest BCUT2D eigenvalue weighted by Crippen LogP contribution is 2.41. The van der Waals surface area contributed by atoms with E-state index in [0.717, 1.165) is 23.1 Å². The average molecular weight is 460 g/mol. The minimum atomic E-state index is -0.736. The average Bonchev–Trinajstić information content (AvgIpc) is 3.45. The summed E-state index contributed by atoms with van der Waals surface area (Å²) in [5.41, 5.74) is 3.34. The first-order chi connectivity index (χ1) is 16.3. The second-order valence-electron chi connectivity index (χ2n) is 8.71. The van der Waals surface area contributed by atoms with Crippen molar-refractivity contribution in [1.82, 2.24) is 4.90 Å². The number of amides is 1. The molecule has 1 saturated heterocycles.